The Labute approximate surface area is 119 Å². The molecule has 1 heterocycles. The van der Waals surface area contributed by atoms with Gasteiger partial charge in [0.25, 0.3) is 0 Å². The van der Waals surface area contributed by atoms with Crippen LogP contribution >= 0.6 is 24.2 Å². The third kappa shape index (κ3) is 4.52. The van der Waals surface area contributed by atoms with Crippen molar-refractivity contribution in [3.8, 4) is 0 Å². The minimum Gasteiger partial charge on any atom is -0.326 e. The van der Waals surface area contributed by atoms with Gasteiger partial charge in [0, 0.05) is 36.2 Å². The van der Waals surface area contributed by atoms with E-state index >= 15 is 0 Å². The molecular weight excluding hydrogens is 268 g/mol. The highest BCUT2D eigenvalue weighted by Gasteiger charge is 2.16. The van der Waals surface area contributed by atoms with Crippen LogP contribution < -0.4 is 10.6 Å². The molecule has 5 heteroatoms. The number of aryl methyl sites for hydroxylation is 1. The van der Waals surface area contributed by atoms with Gasteiger partial charge in [-0.3, -0.25) is 4.79 Å². The fourth-order valence-electron chi connectivity index (χ4n) is 1.89. The van der Waals surface area contributed by atoms with E-state index in [0.717, 1.165) is 29.3 Å². The van der Waals surface area contributed by atoms with Gasteiger partial charge in [-0.1, -0.05) is 18.2 Å². The van der Waals surface area contributed by atoms with E-state index in [4.69, 9.17) is 0 Å². The number of benzene rings is 1. The number of hydrogen-bond donors (Lipinski definition) is 2. The van der Waals surface area contributed by atoms with Gasteiger partial charge in [-0.15, -0.1) is 12.4 Å². The summed E-state index contributed by atoms with van der Waals surface area (Å²) in [6, 6.07) is 8.18. The number of nitrogens with one attached hydrogen (secondary N) is 2. The van der Waals surface area contributed by atoms with Crippen molar-refractivity contribution < 1.29 is 4.79 Å². The predicted molar refractivity (Wildman–Crippen MR) is 80.8 cm³/mol. The maximum absolute atomic E-state index is 11.9. The van der Waals surface area contributed by atoms with E-state index in [2.05, 4.69) is 10.6 Å². The van der Waals surface area contributed by atoms with E-state index < -0.39 is 0 Å². The van der Waals surface area contributed by atoms with Gasteiger partial charge in [0.05, 0.1) is 0 Å². The number of para-hydroxylation sites is 1. The molecule has 1 aliphatic rings. The van der Waals surface area contributed by atoms with E-state index in [1.807, 2.05) is 43.0 Å². The number of anilines is 1. The van der Waals surface area contributed by atoms with Gasteiger partial charge in [-0.05, 0) is 18.6 Å². The second-order valence-corrected chi connectivity index (χ2v) is 5.44. The molecule has 0 bridgehead atoms. The molecule has 1 amide bonds. The normalized spacial score (nSPS) is 18.8. The summed E-state index contributed by atoms with van der Waals surface area (Å²) in [7, 11) is 0. The van der Waals surface area contributed by atoms with Crippen LogP contribution in [-0.2, 0) is 4.79 Å². The molecule has 0 aliphatic carbocycles. The van der Waals surface area contributed by atoms with Gasteiger partial charge >= 0.3 is 0 Å². The number of carbonyl (C=O) groups excluding carboxylic acids is 1. The van der Waals surface area contributed by atoms with Crippen LogP contribution in [-0.4, -0.2) is 30.0 Å². The number of halogens is 1. The number of carbonyl (C=O) groups is 1. The van der Waals surface area contributed by atoms with Crippen molar-refractivity contribution >= 4 is 35.8 Å². The molecule has 18 heavy (non-hydrogen) atoms. The van der Waals surface area contributed by atoms with Gasteiger partial charge in [0.15, 0.2) is 0 Å². The van der Waals surface area contributed by atoms with E-state index in [0.29, 0.717) is 12.5 Å². The lowest BCUT2D eigenvalue weighted by atomic mass is 10.2. The topological polar surface area (TPSA) is 41.1 Å². The van der Waals surface area contributed by atoms with Crippen LogP contribution in [0.2, 0.25) is 0 Å². The molecule has 1 fully saturated rings. The van der Waals surface area contributed by atoms with Crippen LogP contribution in [0.15, 0.2) is 24.3 Å². The Hall–Kier alpha value is -0.710. The average Bonchev–Trinajstić information content (AvgIpc) is 2.33. The van der Waals surface area contributed by atoms with Crippen LogP contribution in [0.25, 0.3) is 0 Å². The first kappa shape index (κ1) is 15.3. The summed E-state index contributed by atoms with van der Waals surface area (Å²) < 4.78 is 0. The fourth-order valence-corrected chi connectivity index (χ4v) is 2.84. The predicted octanol–water partition coefficient (Wildman–Crippen LogP) is 2.45. The molecular formula is C13H19ClN2OS. The molecule has 2 N–H and O–H groups in total. The minimum atomic E-state index is 0. The van der Waals surface area contributed by atoms with E-state index in [1.165, 1.54) is 0 Å². The molecule has 2 rings (SSSR count). The number of amides is 1. The zero-order valence-corrected chi connectivity index (χ0v) is 12.1. The van der Waals surface area contributed by atoms with Crippen LogP contribution in [0, 0.1) is 6.92 Å². The Morgan fingerprint density at radius 1 is 1.50 bits per heavy atom. The Morgan fingerprint density at radius 2 is 2.28 bits per heavy atom. The summed E-state index contributed by atoms with van der Waals surface area (Å²) in [5.74, 6) is 2.27. The van der Waals surface area contributed by atoms with Crippen LogP contribution in [0.4, 0.5) is 5.69 Å². The van der Waals surface area contributed by atoms with Gasteiger partial charge in [0.2, 0.25) is 5.91 Å². The molecule has 0 radical (unpaired) electrons. The van der Waals surface area contributed by atoms with Gasteiger partial charge in [-0.2, -0.15) is 11.8 Å². The Balaban J connectivity index is 0.00000162. The first-order chi connectivity index (χ1) is 8.25. The first-order valence-electron chi connectivity index (χ1n) is 5.92. The first-order valence-corrected chi connectivity index (χ1v) is 7.08. The molecule has 1 aromatic rings. The SMILES string of the molecule is Cc1ccccc1NC(=O)CC1CSCCN1.Cl. The summed E-state index contributed by atoms with van der Waals surface area (Å²) >= 11 is 1.91. The maximum atomic E-state index is 11.9. The van der Waals surface area contributed by atoms with Gasteiger partial charge < -0.3 is 10.6 Å². The van der Waals surface area contributed by atoms with Crippen molar-refractivity contribution in [2.45, 2.75) is 19.4 Å². The van der Waals surface area contributed by atoms with Crippen molar-refractivity contribution in [1.82, 2.24) is 5.32 Å². The Kier molecular flexibility index (Phi) is 6.54. The third-order valence-corrected chi connectivity index (χ3v) is 3.98. The quantitative estimate of drug-likeness (QED) is 0.897. The second-order valence-electron chi connectivity index (χ2n) is 4.29. The molecule has 1 aliphatic heterocycles. The summed E-state index contributed by atoms with van der Waals surface area (Å²) in [6.45, 7) is 3.01. The Bertz CT molecular complexity index is 394. The van der Waals surface area contributed by atoms with Crippen LogP contribution in [0.3, 0.4) is 0 Å². The smallest absolute Gasteiger partial charge is 0.225 e. The highest BCUT2D eigenvalue weighted by atomic mass is 35.5. The van der Waals surface area contributed by atoms with Gasteiger partial charge in [0.1, 0.15) is 0 Å². The minimum absolute atomic E-state index is 0. The molecule has 1 unspecified atom stereocenters. The zero-order valence-electron chi connectivity index (χ0n) is 10.4. The molecule has 1 atom stereocenters. The Morgan fingerprint density at radius 3 is 2.94 bits per heavy atom. The summed E-state index contributed by atoms with van der Waals surface area (Å²) in [5, 5.41) is 6.34. The maximum Gasteiger partial charge on any atom is 0.225 e. The molecule has 0 aromatic heterocycles. The lowest BCUT2D eigenvalue weighted by Crippen LogP contribution is -2.39. The molecule has 1 saturated heterocycles. The lowest BCUT2D eigenvalue weighted by Gasteiger charge is -2.22. The number of hydrogen-bond acceptors (Lipinski definition) is 3. The molecule has 100 valence electrons. The van der Waals surface area contributed by atoms with E-state index in [1.54, 1.807) is 0 Å². The van der Waals surface area contributed by atoms with E-state index in [-0.39, 0.29) is 18.3 Å². The largest absolute Gasteiger partial charge is 0.326 e. The lowest BCUT2D eigenvalue weighted by molar-refractivity contribution is -0.116. The summed E-state index contributed by atoms with van der Waals surface area (Å²) in [4.78, 5) is 11.9. The average molecular weight is 287 g/mol. The van der Waals surface area contributed by atoms with Crippen molar-refractivity contribution in [1.29, 1.82) is 0 Å². The highest BCUT2D eigenvalue weighted by molar-refractivity contribution is 7.99. The fraction of sp³-hybridized carbons (Fsp3) is 0.462. The van der Waals surface area contributed by atoms with Crippen molar-refractivity contribution in [2.24, 2.45) is 0 Å². The standard InChI is InChI=1S/C13H18N2OS.ClH/c1-10-4-2-3-5-12(10)15-13(16)8-11-9-17-7-6-14-11;/h2-5,11,14H,6-9H2,1H3,(H,15,16);1H. The van der Waals surface area contributed by atoms with Crippen molar-refractivity contribution in [3.63, 3.8) is 0 Å². The summed E-state index contributed by atoms with van der Waals surface area (Å²) in [5.41, 5.74) is 2.02. The second kappa shape index (κ2) is 7.67. The van der Waals surface area contributed by atoms with Crippen molar-refractivity contribution in [2.75, 3.05) is 23.4 Å². The van der Waals surface area contributed by atoms with Crippen LogP contribution in [0.1, 0.15) is 12.0 Å². The van der Waals surface area contributed by atoms with Crippen LogP contribution in [0.5, 0.6) is 0 Å². The highest BCUT2D eigenvalue weighted by Crippen LogP contribution is 2.15. The molecule has 0 saturated carbocycles. The molecule has 3 nitrogen and oxygen atoms in total. The molecule has 1 aromatic carbocycles. The zero-order chi connectivity index (χ0) is 12.1. The van der Waals surface area contributed by atoms with Gasteiger partial charge in [-0.25, -0.2) is 0 Å². The number of thioether (sulfide) groups is 1. The van der Waals surface area contributed by atoms with E-state index in [9.17, 15) is 4.79 Å². The number of rotatable bonds is 3. The summed E-state index contributed by atoms with van der Waals surface area (Å²) in [6.07, 6.45) is 0.557. The molecule has 0 spiro atoms. The monoisotopic (exact) mass is 286 g/mol. The third-order valence-electron chi connectivity index (χ3n) is 2.85. The van der Waals surface area contributed by atoms with Crippen molar-refractivity contribution in [3.05, 3.63) is 29.8 Å².